The predicted molar refractivity (Wildman–Crippen MR) is 413 cm³/mol. The third kappa shape index (κ3) is 30.4. The van der Waals surface area contributed by atoms with E-state index >= 15 is 0 Å². The first-order chi connectivity index (χ1) is 47.4. The van der Waals surface area contributed by atoms with Gasteiger partial charge in [-0.1, -0.05) is 70.8 Å². The molecule has 7 aromatic heterocycles. The number of alkyl halides is 1. The maximum Gasteiger partial charge on any atom is 0.488 e. The van der Waals surface area contributed by atoms with Gasteiger partial charge in [0.25, 0.3) is 17.6 Å². The van der Waals surface area contributed by atoms with Gasteiger partial charge in [0, 0.05) is 43.3 Å². The molecule has 100 heavy (non-hydrogen) atoms. The Bertz CT molecular complexity index is 4220. The van der Waals surface area contributed by atoms with Gasteiger partial charge in [-0.2, -0.15) is 15.1 Å². The number of benzene rings is 4. The Morgan fingerprint density at radius 3 is 1.56 bits per heavy atom. The molecular formula is C59H61BBr8Cl2N18O10S2+2. The number of rotatable bonds is 20. The van der Waals surface area contributed by atoms with E-state index in [1.807, 2.05) is 24.3 Å². The topological polar surface area (TPSA) is 399 Å². The van der Waals surface area contributed by atoms with E-state index in [1.165, 1.54) is 38.1 Å². The Morgan fingerprint density at radius 2 is 1.15 bits per heavy atom. The molecule has 7 heterocycles. The Hall–Kier alpha value is -5.60. The number of aliphatic hydroxyl groups excluding tert-OH is 6. The Balaban J connectivity index is 0.000000271. The van der Waals surface area contributed by atoms with Gasteiger partial charge in [-0.15, -0.1) is 49.2 Å². The smallest absolute Gasteiger partial charge is 0.423 e. The standard InChI is InChI=1S/C21H18ClN5O3S.C15H14BrN5O3S.C6H6BClO2.C5H7Br2N3O2.C5H5Br2N3.C3H2Br2N2.C3H4Br.CH4/c22-15-3-1-2-14(8-15)19-25-20(27(26-19)9-17(29)10-28)13-4-6-16(7-5-13)24-21(30)18-11-31-12-23-18;16-15-19-13(21(20-15)5-11(23)6-22)9-1-3-10(4-2-9)18-14(24)12-7-25-8-17-12;8-6-3-1-2-5(4-6)7(9)10;6-4-8-5(7)10(9-4)1-3(12)2-11;1-2-3-10-5(7)8-4(6)9-10;4-2-1-6-3(5)7-2;1-2-3-4;/h1-8,11-12,17,28-29H,9-10H2,(H,24,25,26,30);1-4,7-8,11,22-23H,5-6H2,(H,18,24);1-4,9-10H;3,11-12H,1-2H2;2H,1,3H2;1H,(H,6,7);1-2H,3H2;1H4/q;;;;;;+1;/p+1. The summed E-state index contributed by atoms with van der Waals surface area (Å²) in [7, 11) is -1.43. The number of carbonyl (C=O) groups is 2. The van der Waals surface area contributed by atoms with Gasteiger partial charge < -0.3 is 56.3 Å². The van der Waals surface area contributed by atoms with Gasteiger partial charge in [0.1, 0.15) is 28.6 Å². The van der Waals surface area contributed by atoms with Crippen LogP contribution in [0.15, 0.2) is 177 Å². The largest absolute Gasteiger partial charge is 0.488 e. The molecule has 0 aliphatic rings. The van der Waals surface area contributed by atoms with Crippen LogP contribution >= 0.6 is 173 Å². The first-order valence-corrected chi connectivity index (χ1v) is 37.2. The molecule has 3 unspecified atom stereocenters. The number of anilines is 2. The molecule has 12 N–H and O–H groups in total. The number of aliphatic hydroxyl groups is 6. The van der Waals surface area contributed by atoms with E-state index in [-0.39, 0.29) is 58.7 Å². The van der Waals surface area contributed by atoms with E-state index in [9.17, 15) is 24.9 Å². The number of amides is 2. The number of halogens is 10. The first-order valence-electron chi connectivity index (χ1n) is 27.9. The maximum absolute atomic E-state index is 12.2. The fraction of sp³-hybridized carbons (Fsp3) is 0.203. The lowest BCUT2D eigenvalue weighted by molar-refractivity contribution is -0.746. The normalized spacial score (nSPS) is 11.2. The molecule has 0 fully saturated rings. The van der Waals surface area contributed by atoms with Crippen molar-refractivity contribution in [1.29, 1.82) is 0 Å². The summed E-state index contributed by atoms with van der Waals surface area (Å²) in [5.41, 5.74) is 7.91. The molecule has 0 aliphatic heterocycles. The summed E-state index contributed by atoms with van der Waals surface area (Å²) in [6.07, 6.45) is 2.29. The average Bonchev–Trinajstić information content (AvgIpc) is 1.65. The Morgan fingerprint density at radius 1 is 0.660 bits per heavy atom. The molecule has 0 spiro atoms. The highest BCUT2D eigenvalue weighted by Crippen LogP contribution is 2.25. The molecule has 4 aromatic carbocycles. The molecule has 0 radical (unpaired) electrons. The molecule has 0 saturated carbocycles. The zero-order valence-electron chi connectivity index (χ0n) is 50.8. The number of thiazole rings is 2. The highest BCUT2D eigenvalue weighted by molar-refractivity contribution is 9.11. The van der Waals surface area contributed by atoms with Crippen LogP contribution in [0.2, 0.25) is 10.0 Å². The molecule has 530 valence electrons. The van der Waals surface area contributed by atoms with E-state index in [0.717, 1.165) is 31.4 Å². The monoisotopic (exact) mass is 1960 g/mol. The third-order valence-corrected chi connectivity index (χ3v) is 16.6. The molecule has 11 aromatic rings. The fourth-order valence-corrected chi connectivity index (χ4v) is 11.9. The first kappa shape index (κ1) is 86.8. The number of hydrogen-bond acceptors (Lipinski definition) is 22. The number of allylic oxidation sites excluding steroid dienone is 2. The number of hydrogen-bond donors (Lipinski definition) is 12. The van der Waals surface area contributed by atoms with Crippen LogP contribution in [0.5, 0.6) is 0 Å². The van der Waals surface area contributed by atoms with Crippen molar-refractivity contribution in [2.75, 3.05) is 35.8 Å². The zero-order valence-corrected chi connectivity index (χ0v) is 66.6. The number of nitrogens with one attached hydrogen (secondary N) is 4. The van der Waals surface area contributed by atoms with Crippen molar-refractivity contribution in [2.45, 2.75) is 51.9 Å². The fourth-order valence-electron chi connectivity index (χ4n) is 7.27. The van der Waals surface area contributed by atoms with Gasteiger partial charge in [0.2, 0.25) is 20.8 Å². The van der Waals surface area contributed by atoms with Crippen molar-refractivity contribution in [2.24, 2.45) is 0 Å². The summed E-state index contributed by atoms with van der Waals surface area (Å²) in [6.45, 7) is 8.54. The van der Waals surface area contributed by atoms with E-state index in [0.29, 0.717) is 86.0 Å². The quantitative estimate of drug-likeness (QED) is 0.0111. The summed E-state index contributed by atoms with van der Waals surface area (Å²) in [5, 5.41) is 98.7. The van der Waals surface area contributed by atoms with Crippen molar-refractivity contribution in [1.82, 2.24) is 74.3 Å². The van der Waals surface area contributed by atoms with E-state index in [2.05, 4.69) is 205 Å². The number of H-pyrrole nitrogens is 2. The van der Waals surface area contributed by atoms with Crippen LogP contribution in [-0.2, 0) is 26.2 Å². The van der Waals surface area contributed by atoms with Crippen LogP contribution in [0.4, 0.5) is 11.4 Å². The van der Waals surface area contributed by atoms with Crippen LogP contribution in [0.3, 0.4) is 0 Å². The lowest BCUT2D eigenvalue weighted by Gasteiger charge is -2.10. The van der Waals surface area contributed by atoms with E-state index in [4.69, 9.17) is 55.1 Å². The zero-order chi connectivity index (χ0) is 72.6. The summed E-state index contributed by atoms with van der Waals surface area (Å²) in [6, 6.07) is 27.9. The molecule has 0 bridgehead atoms. The summed E-state index contributed by atoms with van der Waals surface area (Å²) >= 11 is 39.6. The van der Waals surface area contributed by atoms with E-state index < -0.39 is 25.4 Å². The second kappa shape index (κ2) is 46.2. The molecule has 41 heteroatoms. The summed E-state index contributed by atoms with van der Waals surface area (Å²) < 4.78 is 10.6. The molecular weight excluding hydrogens is 1910 g/mol. The Kier molecular flexibility index (Phi) is 40.1. The molecule has 28 nitrogen and oxygen atoms in total. The SMILES string of the molecule is Brc1cnc(Br)[nH]1.C.C=CCn1nc(Br)nc1Br.O=C(Nc1ccc(-c2nc(-c3cccc(Cl)c3)[nH][n+]2CC(O)CO)cc1)c1cscn1.O=C(Nc1ccc(-c2nc(Br)nn2CC(O)CO)cc1)c1cscn1.OB(O)c1cccc(Cl)c1.OCC(O)Cn1nc(Br)nc1Br.[CH+]=CCBr. The minimum Gasteiger partial charge on any atom is -0.423 e. The number of aromatic amines is 2. The van der Waals surface area contributed by atoms with Crippen molar-refractivity contribution in [3.8, 4) is 34.2 Å². The molecule has 0 saturated heterocycles. The van der Waals surface area contributed by atoms with Gasteiger partial charge in [-0.25, -0.2) is 34.0 Å². The maximum atomic E-state index is 12.2. The highest BCUT2D eigenvalue weighted by Gasteiger charge is 2.25. The van der Waals surface area contributed by atoms with Crippen molar-refractivity contribution < 1.29 is 55.0 Å². The minimum absolute atomic E-state index is 0. The molecule has 0 aliphatic carbocycles. The highest BCUT2D eigenvalue weighted by atomic mass is 79.9. The van der Waals surface area contributed by atoms with Crippen LogP contribution in [0.1, 0.15) is 28.4 Å². The van der Waals surface area contributed by atoms with Crippen molar-refractivity contribution in [3.63, 3.8) is 0 Å². The van der Waals surface area contributed by atoms with Crippen LogP contribution in [0, 0.1) is 6.58 Å². The molecule has 11 rings (SSSR count). The van der Waals surface area contributed by atoms with Crippen LogP contribution in [0.25, 0.3) is 34.2 Å². The van der Waals surface area contributed by atoms with Gasteiger partial charge in [-0.05, 0) is 201 Å². The Labute approximate surface area is 658 Å². The number of imidazole rings is 1. The lowest BCUT2D eigenvalue weighted by atomic mass is 9.81. The second-order valence-corrected chi connectivity index (χ2v) is 27.1. The minimum atomic E-state index is -1.43. The molecule has 2 amide bonds. The van der Waals surface area contributed by atoms with Crippen molar-refractivity contribution in [3.05, 3.63) is 205 Å². The number of nitrogens with zero attached hydrogens (tertiary/aromatic N) is 14. The third-order valence-electron chi connectivity index (χ3n) is 11.6. The predicted octanol–water partition coefficient (Wildman–Crippen LogP) is 10.6. The van der Waals surface area contributed by atoms with Crippen molar-refractivity contribution >= 4 is 209 Å². The second-order valence-electron chi connectivity index (χ2n) is 19.0. The summed E-state index contributed by atoms with van der Waals surface area (Å²) in [4.78, 5) is 55.6. The van der Waals surface area contributed by atoms with Gasteiger partial charge in [0.05, 0.1) is 79.8 Å². The van der Waals surface area contributed by atoms with Gasteiger partial charge in [-0.3, -0.25) is 9.59 Å². The molecule has 3 atom stereocenters. The van der Waals surface area contributed by atoms with E-state index in [1.54, 1.807) is 116 Å². The summed E-state index contributed by atoms with van der Waals surface area (Å²) in [5.74, 6) is 1.13. The van der Waals surface area contributed by atoms with Gasteiger partial charge in [0.15, 0.2) is 26.1 Å². The number of aromatic nitrogens is 16. The number of carbonyl (C=O) groups excluding carboxylic acids is 2. The van der Waals surface area contributed by atoms with Gasteiger partial charge >= 0.3 is 12.9 Å². The lowest BCUT2D eigenvalue weighted by Crippen LogP contribution is -2.44. The van der Waals surface area contributed by atoms with Crippen LogP contribution in [-0.4, -0.2) is 177 Å². The van der Waals surface area contributed by atoms with Crippen LogP contribution < -0.4 is 20.8 Å². The average molecular weight is 1970 g/mol.